The summed E-state index contributed by atoms with van der Waals surface area (Å²) in [5.74, 6) is 0.343. The van der Waals surface area contributed by atoms with Crippen molar-refractivity contribution < 1.29 is 14.6 Å². The van der Waals surface area contributed by atoms with E-state index in [1.165, 1.54) is 0 Å². The van der Waals surface area contributed by atoms with Crippen molar-refractivity contribution in [1.82, 2.24) is 4.90 Å². The first kappa shape index (κ1) is 10.3. The molecule has 1 fully saturated rings. The predicted octanol–water partition coefficient (Wildman–Crippen LogP) is 0.847. The van der Waals surface area contributed by atoms with Gasteiger partial charge in [-0.1, -0.05) is 6.92 Å². The molecule has 1 rings (SSSR count). The zero-order valence-corrected chi connectivity index (χ0v) is 8.03. The third-order valence-electron chi connectivity index (χ3n) is 2.21. The fourth-order valence-electron chi connectivity index (χ4n) is 1.45. The van der Waals surface area contributed by atoms with Crippen molar-refractivity contribution in [1.29, 1.82) is 0 Å². The Morgan fingerprint density at radius 2 is 2.46 bits per heavy atom. The molecular formula is C9H17NO3. The van der Waals surface area contributed by atoms with Crippen LogP contribution in [0.4, 0.5) is 4.79 Å². The van der Waals surface area contributed by atoms with E-state index in [-0.39, 0.29) is 12.7 Å². The van der Waals surface area contributed by atoms with Crippen molar-refractivity contribution in [3.05, 3.63) is 0 Å². The van der Waals surface area contributed by atoms with Crippen LogP contribution in [0.2, 0.25) is 0 Å². The molecule has 1 unspecified atom stereocenters. The minimum atomic E-state index is -0.212. The Morgan fingerprint density at radius 3 is 3.08 bits per heavy atom. The Balaban J connectivity index is 2.29. The molecule has 0 aliphatic carbocycles. The van der Waals surface area contributed by atoms with Gasteiger partial charge < -0.3 is 14.7 Å². The van der Waals surface area contributed by atoms with Gasteiger partial charge in [0.2, 0.25) is 0 Å². The molecule has 4 heteroatoms. The standard InChI is InChI=1S/C9H17NO3/c1-8(3-5-11)7-10-4-2-6-13-9(10)12/h8,11H,2-7H2,1H3. The number of cyclic esters (lactones) is 1. The van der Waals surface area contributed by atoms with Gasteiger partial charge in [-0.25, -0.2) is 4.79 Å². The van der Waals surface area contributed by atoms with Gasteiger partial charge in [-0.2, -0.15) is 0 Å². The fourth-order valence-corrected chi connectivity index (χ4v) is 1.45. The van der Waals surface area contributed by atoms with Crippen LogP contribution < -0.4 is 0 Å². The molecule has 0 aromatic rings. The van der Waals surface area contributed by atoms with E-state index >= 15 is 0 Å². The van der Waals surface area contributed by atoms with E-state index < -0.39 is 0 Å². The smallest absolute Gasteiger partial charge is 0.409 e. The second kappa shape index (κ2) is 5.07. The third kappa shape index (κ3) is 3.22. The monoisotopic (exact) mass is 187 g/mol. The second-order valence-corrected chi connectivity index (χ2v) is 3.53. The summed E-state index contributed by atoms with van der Waals surface area (Å²) in [6.45, 7) is 4.24. The first-order valence-corrected chi connectivity index (χ1v) is 4.76. The normalized spacial score (nSPS) is 19.8. The molecule has 0 radical (unpaired) electrons. The van der Waals surface area contributed by atoms with Crippen molar-refractivity contribution in [2.45, 2.75) is 19.8 Å². The summed E-state index contributed by atoms with van der Waals surface area (Å²) < 4.78 is 4.89. The van der Waals surface area contributed by atoms with Crippen molar-refractivity contribution in [3.63, 3.8) is 0 Å². The zero-order chi connectivity index (χ0) is 9.68. The third-order valence-corrected chi connectivity index (χ3v) is 2.21. The maximum absolute atomic E-state index is 11.2. The molecule has 0 aromatic carbocycles. The van der Waals surface area contributed by atoms with E-state index in [9.17, 15) is 4.79 Å². The predicted molar refractivity (Wildman–Crippen MR) is 48.4 cm³/mol. The number of ether oxygens (including phenoxy) is 1. The van der Waals surface area contributed by atoms with E-state index in [0.29, 0.717) is 19.1 Å². The number of carbonyl (C=O) groups excluding carboxylic acids is 1. The highest BCUT2D eigenvalue weighted by molar-refractivity contribution is 5.68. The molecule has 1 aliphatic rings. The first-order chi connectivity index (χ1) is 6.24. The van der Waals surface area contributed by atoms with Crippen LogP contribution in [0.25, 0.3) is 0 Å². The molecule has 1 atom stereocenters. The number of aliphatic hydroxyl groups is 1. The highest BCUT2D eigenvalue weighted by Crippen LogP contribution is 2.10. The van der Waals surface area contributed by atoms with Crippen LogP contribution in [0, 0.1) is 5.92 Å². The molecule has 0 spiro atoms. The Bertz CT molecular complexity index is 172. The van der Waals surface area contributed by atoms with Crippen LogP contribution in [0.1, 0.15) is 19.8 Å². The van der Waals surface area contributed by atoms with Crippen LogP contribution in [0.15, 0.2) is 0 Å². The Hall–Kier alpha value is -0.770. The van der Waals surface area contributed by atoms with E-state index in [2.05, 4.69) is 0 Å². The van der Waals surface area contributed by atoms with Gasteiger partial charge in [0.05, 0.1) is 6.61 Å². The van der Waals surface area contributed by atoms with Gasteiger partial charge in [0, 0.05) is 19.7 Å². The molecule has 0 aromatic heterocycles. The van der Waals surface area contributed by atoms with E-state index in [1.807, 2.05) is 6.92 Å². The molecule has 13 heavy (non-hydrogen) atoms. The maximum atomic E-state index is 11.2. The highest BCUT2D eigenvalue weighted by atomic mass is 16.6. The summed E-state index contributed by atoms with van der Waals surface area (Å²) in [5.41, 5.74) is 0. The van der Waals surface area contributed by atoms with Crippen LogP contribution in [-0.2, 0) is 4.74 Å². The number of aliphatic hydroxyl groups excluding tert-OH is 1. The number of carbonyl (C=O) groups is 1. The quantitative estimate of drug-likeness (QED) is 0.709. The number of rotatable bonds is 4. The number of amides is 1. The Morgan fingerprint density at radius 1 is 1.69 bits per heavy atom. The summed E-state index contributed by atoms with van der Waals surface area (Å²) in [5, 5.41) is 8.70. The minimum Gasteiger partial charge on any atom is -0.449 e. The van der Waals surface area contributed by atoms with Crippen molar-refractivity contribution >= 4 is 6.09 Å². The lowest BCUT2D eigenvalue weighted by atomic mass is 10.1. The molecule has 1 amide bonds. The molecule has 4 nitrogen and oxygen atoms in total. The van der Waals surface area contributed by atoms with Gasteiger partial charge in [0.15, 0.2) is 0 Å². The fraction of sp³-hybridized carbons (Fsp3) is 0.889. The summed E-state index contributed by atoms with van der Waals surface area (Å²) >= 11 is 0. The van der Waals surface area contributed by atoms with Crippen LogP contribution in [0.3, 0.4) is 0 Å². The summed E-state index contributed by atoms with van der Waals surface area (Å²) in [6.07, 6.45) is 1.44. The van der Waals surface area contributed by atoms with Crippen LogP contribution in [-0.4, -0.2) is 42.4 Å². The van der Waals surface area contributed by atoms with Gasteiger partial charge in [-0.3, -0.25) is 0 Å². The lowest BCUT2D eigenvalue weighted by molar-refractivity contribution is 0.0656. The van der Waals surface area contributed by atoms with Crippen molar-refractivity contribution in [2.75, 3.05) is 26.3 Å². The van der Waals surface area contributed by atoms with Crippen LogP contribution in [0.5, 0.6) is 0 Å². The second-order valence-electron chi connectivity index (χ2n) is 3.53. The lowest BCUT2D eigenvalue weighted by Gasteiger charge is -2.28. The summed E-state index contributed by atoms with van der Waals surface area (Å²) in [7, 11) is 0. The van der Waals surface area contributed by atoms with E-state index in [4.69, 9.17) is 9.84 Å². The van der Waals surface area contributed by atoms with Gasteiger partial charge in [0.1, 0.15) is 0 Å². The minimum absolute atomic E-state index is 0.185. The Labute approximate surface area is 78.5 Å². The zero-order valence-electron chi connectivity index (χ0n) is 8.03. The van der Waals surface area contributed by atoms with Gasteiger partial charge >= 0.3 is 6.09 Å². The molecule has 76 valence electrons. The first-order valence-electron chi connectivity index (χ1n) is 4.76. The highest BCUT2D eigenvalue weighted by Gasteiger charge is 2.20. The molecule has 0 saturated carbocycles. The average Bonchev–Trinajstić information content (AvgIpc) is 2.09. The number of hydrogen-bond donors (Lipinski definition) is 1. The van der Waals surface area contributed by atoms with Gasteiger partial charge in [-0.15, -0.1) is 0 Å². The van der Waals surface area contributed by atoms with Gasteiger partial charge in [-0.05, 0) is 18.8 Å². The molecule has 1 heterocycles. The van der Waals surface area contributed by atoms with E-state index in [1.54, 1.807) is 4.90 Å². The van der Waals surface area contributed by atoms with Crippen LogP contribution >= 0.6 is 0 Å². The Kier molecular flexibility index (Phi) is 4.02. The van der Waals surface area contributed by atoms with Crippen molar-refractivity contribution in [2.24, 2.45) is 5.92 Å². The van der Waals surface area contributed by atoms with Gasteiger partial charge in [0.25, 0.3) is 0 Å². The molecule has 0 bridgehead atoms. The van der Waals surface area contributed by atoms with Crippen molar-refractivity contribution in [3.8, 4) is 0 Å². The molecule has 1 aliphatic heterocycles. The topological polar surface area (TPSA) is 49.8 Å². The molecule has 1 saturated heterocycles. The lowest BCUT2D eigenvalue weighted by Crippen LogP contribution is -2.40. The maximum Gasteiger partial charge on any atom is 0.409 e. The number of hydrogen-bond acceptors (Lipinski definition) is 3. The largest absolute Gasteiger partial charge is 0.449 e. The summed E-state index contributed by atoms with van der Waals surface area (Å²) in [6, 6.07) is 0. The number of nitrogens with zero attached hydrogens (tertiary/aromatic N) is 1. The average molecular weight is 187 g/mol. The summed E-state index contributed by atoms with van der Waals surface area (Å²) in [4.78, 5) is 12.9. The SMILES string of the molecule is CC(CCO)CN1CCCOC1=O. The molecule has 1 N–H and O–H groups in total. The van der Waals surface area contributed by atoms with E-state index in [0.717, 1.165) is 19.4 Å². The molecular weight excluding hydrogens is 170 g/mol.